The molecule has 0 saturated heterocycles. The number of ketones is 1. The summed E-state index contributed by atoms with van der Waals surface area (Å²) in [6.45, 7) is 3.25. The lowest BCUT2D eigenvalue weighted by molar-refractivity contribution is -0.134. The van der Waals surface area contributed by atoms with E-state index in [4.69, 9.17) is 27.9 Å². The predicted molar refractivity (Wildman–Crippen MR) is 123 cm³/mol. The third kappa shape index (κ3) is 5.94. The molecule has 0 aromatic heterocycles. The van der Waals surface area contributed by atoms with Crippen LogP contribution in [0.2, 0.25) is 10.0 Å². The Morgan fingerprint density at radius 3 is 2.10 bits per heavy atom. The van der Waals surface area contributed by atoms with Gasteiger partial charge in [-0.3, -0.25) is 9.59 Å². The summed E-state index contributed by atoms with van der Waals surface area (Å²) >= 11 is 11.9. The molecule has 0 saturated carbocycles. The summed E-state index contributed by atoms with van der Waals surface area (Å²) in [4.78, 5) is 25.0. The molecule has 0 radical (unpaired) electrons. The van der Waals surface area contributed by atoms with Crippen LogP contribution in [0.5, 0.6) is 5.75 Å². The van der Waals surface area contributed by atoms with E-state index in [9.17, 15) is 9.59 Å². The van der Waals surface area contributed by atoms with Crippen LogP contribution < -0.4 is 10.2 Å². The van der Waals surface area contributed by atoms with Gasteiger partial charge in [-0.25, -0.2) is 5.43 Å². The van der Waals surface area contributed by atoms with E-state index in [-0.39, 0.29) is 5.78 Å². The van der Waals surface area contributed by atoms with Crippen LogP contribution in [0.15, 0.2) is 77.9 Å². The fourth-order valence-electron chi connectivity index (χ4n) is 2.66. The highest BCUT2D eigenvalue weighted by molar-refractivity contribution is 6.33. The molecular weight excluding hydrogens is 435 g/mol. The number of carbonyl (C=O) groups excluding carboxylic acids is 2. The first-order chi connectivity index (χ1) is 14.8. The smallest absolute Gasteiger partial charge is 0.283 e. The van der Waals surface area contributed by atoms with Crippen molar-refractivity contribution in [3.8, 4) is 5.75 Å². The maximum atomic E-state index is 12.5. The molecule has 0 fully saturated rings. The number of nitrogens with one attached hydrogen (secondary N) is 1. The molecule has 0 atom stereocenters. The Bertz CT molecular complexity index is 1110. The Hall–Kier alpha value is -3.15. The fraction of sp³-hybridized carbons (Fsp3) is 0.125. The van der Waals surface area contributed by atoms with Crippen LogP contribution in [0, 0.1) is 0 Å². The van der Waals surface area contributed by atoms with Crippen molar-refractivity contribution >= 4 is 41.1 Å². The van der Waals surface area contributed by atoms with Crippen LogP contribution >= 0.6 is 23.2 Å². The van der Waals surface area contributed by atoms with Crippen LogP contribution in [0.4, 0.5) is 0 Å². The lowest BCUT2D eigenvalue weighted by atomic mass is 10.0. The van der Waals surface area contributed by atoms with Crippen molar-refractivity contribution in [1.29, 1.82) is 0 Å². The summed E-state index contributed by atoms with van der Waals surface area (Å²) in [5, 5.41) is 5.04. The van der Waals surface area contributed by atoms with Gasteiger partial charge in [0.05, 0.1) is 6.21 Å². The quantitative estimate of drug-likeness (QED) is 0.289. The Morgan fingerprint density at radius 2 is 1.48 bits per heavy atom. The number of ether oxygens (including phenoxy) is 1. The van der Waals surface area contributed by atoms with Gasteiger partial charge >= 0.3 is 0 Å². The second-order valence-corrected chi connectivity index (χ2v) is 8.04. The molecule has 3 aromatic carbocycles. The zero-order valence-corrected chi connectivity index (χ0v) is 18.4. The van der Waals surface area contributed by atoms with E-state index >= 15 is 0 Å². The molecule has 1 N–H and O–H groups in total. The molecule has 1 amide bonds. The average Bonchev–Trinajstić information content (AvgIpc) is 2.75. The third-order valence-corrected chi connectivity index (χ3v) is 5.01. The van der Waals surface area contributed by atoms with Gasteiger partial charge < -0.3 is 4.74 Å². The van der Waals surface area contributed by atoms with Crippen molar-refractivity contribution in [2.75, 3.05) is 0 Å². The monoisotopic (exact) mass is 454 g/mol. The highest BCUT2D eigenvalue weighted by Gasteiger charge is 2.30. The van der Waals surface area contributed by atoms with E-state index in [0.29, 0.717) is 32.5 Å². The highest BCUT2D eigenvalue weighted by atomic mass is 35.5. The maximum Gasteiger partial charge on any atom is 0.283 e. The van der Waals surface area contributed by atoms with Gasteiger partial charge in [0.25, 0.3) is 5.91 Å². The molecule has 3 aromatic rings. The molecule has 0 aliphatic heterocycles. The van der Waals surface area contributed by atoms with Crippen molar-refractivity contribution in [2.24, 2.45) is 5.10 Å². The normalized spacial score (nSPS) is 11.4. The molecule has 0 aliphatic carbocycles. The first-order valence-corrected chi connectivity index (χ1v) is 10.2. The van der Waals surface area contributed by atoms with E-state index in [1.807, 2.05) is 12.1 Å². The van der Waals surface area contributed by atoms with Crippen LogP contribution in [-0.4, -0.2) is 23.5 Å². The van der Waals surface area contributed by atoms with Gasteiger partial charge in [0.2, 0.25) is 0 Å². The minimum atomic E-state index is -1.19. The number of hydrogen-bond acceptors (Lipinski definition) is 4. The largest absolute Gasteiger partial charge is 0.478 e. The third-order valence-electron chi connectivity index (χ3n) is 4.42. The molecule has 5 nitrogen and oxygen atoms in total. The molecule has 0 heterocycles. The Morgan fingerprint density at radius 1 is 0.903 bits per heavy atom. The first kappa shape index (κ1) is 22.5. The molecule has 0 aliphatic rings. The molecular formula is C24H20Cl2N2O3. The number of rotatable bonds is 7. The zero-order valence-electron chi connectivity index (χ0n) is 16.9. The van der Waals surface area contributed by atoms with Gasteiger partial charge in [-0.1, -0.05) is 41.4 Å². The average molecular weight is 455 g/mol. The zero-order chi connectivity index (χ0) is 22.4. The molecule has 158 valence electrons. The van der Waals surface area contributed by atoms with Crippen molar-refractivity contribution < 1.29 is 14.3 Å². The van der Waals surface area contributed by atoms with Crippen LogP contribution in [0.25, 0.3) is 0 Å². The number of hydrogen-bond donors (Lipinski definition) is 1. The number of amides is 1. The summed E-state index contributed by atoms with van der Waals surface area (Å²) in [7, 11) is 0. The summed E-state index contributed by atoms with van der Waals surface area (Å²) < 4.78 is 5.81. The minimum Gasteiger partial charge on any atom is -0.478 e. The lowest BCUT2D eigenvalue weighted by Crippen LogP contribution is -2.44. The second-order valence-electron chi connectivity index (χ2n) is 7.19. The summed E-state index contributed by atoms with van der Waals surface area (Å²) in [6.07, 6.45) is 1.47. The number of benzene rings is 3. The summed E-state index contributed by atoms with van der Waals surface area (Å²) in [6, 6.07) is 20.4. The van der Waals surface area contributed by atoms with Gasteiger partial charge in [0.1, 0.15) is 5.75 Å². The molecule has 0 unspecified atom stereocenters. The molecule has 0 bridgehead atoms. The number of halogens is 2. The van der Waals surface area contributed by atoms with E-state index in [2.05, 4.69) is 10.5 Å². The highest BCUT2D eigenvalue weighted by Crippen LogP contribution is 2.21. The van der Waals surface area contributed by atoms with Gasteiger partial charge in [0, 0.05) is 26.7 Å². The van der Waals surface area contributed by atoms with Gasteiger partial charge in [-0.05, 0) is 68.4 Å². The Balaban J connectivity index is 1.62. The van der Waals surface area contributed by atoms with Gasteiger partial charge in [0.15, 0.2) is 11.4 Å². The fourth-order valence-corrected chi connectivity index (χ4v) is 2.97. The van der Waals surface area contributed by atoms with Crippen LogP contribution in [0.1, 0.15) is 35.3 Å². The predicted octanol–water partition coefficient (Wildman–Crippen LogP) is 5.53. The summed E-state index contributed by atoms with van der Waals surface area (Å²) in [5.74, 6) is -0.117. The van der Waals surface area contributed by atoms with Crippen molar-refractivity contribution in [2.45, 2.75) is 19.4 Å². The van der Waals surface area contributed by atoms with Gasteiger partial charge in [-0.2, -0.15) is 5.10 Å². The second kappa shape index (κ2) is 9.77. The Kier molecular flexibility index (Phi) is 7.10. The van der Waals surface area contributed by atoms with Crippen molar-refractivity contribution in [3.05, 3.63) is 99.5 Å². The number of nitrogens with zero attached hydrogens (tertiary/aromatic N) is 1. The van der Waals surface area contributed by atoms with Crippen molar-refractivity contribution in [3.63, 3.8) is 0 Å². The maximum absolute atomic E-state index is 12.5. The number of carbonyl (C=O) groups is 2. The SMILES string of the molecule is CC(C)(Oc1ccc(C(=O)c2ccc(Cl)cc2)cc1)C(=O)N/N=C/c1ccccc1Cl. The van der Waals surface area contributed by atoms with E-state index in [1.165, 1.54) is 6.21 Å². The van der Waals surface area contributed by atoms with E-state index in [0.717, 1.165) is 0 Å². The standard InChI is InChI=1S/C24H20Cl2N2O3/c1-24(2,23(30)28-27-15-18-5-3-4-6-21(18)26)31-20-13-9-17(10-14-20)22(29)16-7-11-19(25)12-8-16/h3-15H,1-2H3,(H,28,30)/b27-15+. The van der Waals surface area contributed by atoms with Crippen molar-refractivity contribution in [1.82, 2.24) is 5.43 Å². The topological polar surface area (TPSA) is 67.8 Å². The lowest BCUT2D eigenvalue weighted by Gasteiger charge is -2.24. The molecule has 31 heavy (non-hydrogen) atoms. The van der Waals surface area contributed by atoms with Crippen LogP contribution in [-0.2, 0) is 4.79 Å². The molecule has 3 rings (SSSR count). The first-order valence-electron chi connectivity index (χ1n) is 9.44. The van der Waals surface area contributed by atoms with Crippen LogP contribution in [0.3, 0.4) is 0 Å². The molecule has 0 spiro atoms. The minimum absolute atomic E-state index is 0.130. The number of hydrazone groups is 1. The van der Waals surface area contributed by atoms with Gasteiger partial charge in [-0.15, -0.1) is 0 Å². The summed E-state index contributed by atoms with van der Waals surface area (Å²) in [5.41, 5.74) is 2.98. The van der Waals surface area contributed by atoms with E-state index < -0.39 is 11.5 Å². The van der Waals surface area contributed by atoms with E-state index in [1.54, 1.807) is 74.5 Å². The Labute approximate surface area is 190 Å². The molecule has 7 heteroatoms.